The fourth-order valence-corrected chi connectivity index (χ4v) is 2.62. The molecule has 0 fully saturated rings. The maximum atomic E-state index is 13.1. The van der Waals surface area contributed by atoms with E-state index in [1.54, 1.807) is 0 Å². The molecule has 0 aliphatic heterocycles. The molecule has 0 saturated carbocycles. The second-order valence-corrected chi connectivity index (χ2v) is 6.32. The lowest BCUT2D eigenvalue weighted by molar-refractivity contribution is -0.137. The van der Waals surface area contributed by atoms with Gasteiger partial charge in [-0.15, -0.1) is 5.10 Å². The van der Waals surface area contributed by atoms with Crippen LogP contribution in [0.25, 0.3) is 16.9 Å². The van der Waals surface area contributed by atoms with Crippen molar-refractivity contribution < 1.29 is 25.8 Å². The summed E-state index contributed by atoms with van der Waals surface area (Å²) in [6.45, 7) is 0. The van der Waals surface area contributed by atoms with Crippen LogP contribution in [0.2, 0.25) is 0 Å². The smallest absolute Gasteiger partial charge is 0.371 e. The van der Waals surface area contributed by atoms with Crippen molar-refractivity contribution in [3.8, 4) is 22.7 Å². The van der Waals surface area contributed by atoms with Crippen LogP contribution in [-0.2, 0) is 16.5 Å². The van der Waals surface area contributed by atoms with Gasteiger partial charge in [0.15, 0.2) is 0 Å². The van der Waals surface area contributed by atoms with E-state index < -0.39 is 22.0 Å². The summed E-state index contributed by atoms with van der Waals surface area (Å²) in [5.74, 6) is -0.00828. The van der Waals surface area contributed by atoms with Crippen molar-refractivity contribution in [2.45, 2.75) is 6.18 Å². The molecule has 0 unspecified atom stereocenters. The highest BCUT2D eigenvalue weighted by Crippen LogP contribution is 2.33. The molecule has 0 spiro atoms. The van der Waals surface area contributed by atoms with Crippen molar-refractivity contribution in [1.29, 1.82) is 0 Å². The molecule has 0 aliphatic carbocycles. The van der Waals surface area contributed by atoms with Crippen LogP contribution in [0.15, 0.2) is 54.7 Å². The highest BCUT2D eigenvalue weighted by Gasteiger charge is 2.34. The van der Waals surface area contributed by atoms with E-state index in [9.17, 15) is 21.6 Å². The third kappa shape index (κ3) is 4.00. The number of rotatable bonds is 4. The third-order valence-electron chi connectivity index (χ3n) is 3.31. The van der Waals surface area contributed by atoms with Crippen LogP contribution in [-0.4, -0.2) is 23.4 Å². The summed E-state index contributed by atoms with van der Waals surface area (Å²) in [5.41, 5.74) is -0.201. The Kier molecular flexibility index (Phi) is 4.42. The predicted molar refractivity (Wildman–Crippen MR) is 85.5 cm³/mol. The number of aromatic nitrogens is 3. The molecule has 0 atom stereocenters. The lowest BCUT2D eigenvalue weighted by Crippen LogP contribution is -2.18. The Hall–Kier alpha value is -2.92. The van der Waals surface area contributed by atoms with Gasteiger partial charge in [0.1, 0.15) is 11.4 Å². The normalized spacial score (nSPS) is 12.2. The molecule has 0 saturated heterocycles. The number of hydrogen-bond acceptors (Lipinski definition) is 5. The van der Waals surface area contributed by atoms with Gasteiger partial charge in [-0.25, -0.2) is 4.68 Å². The molecule has 3 aromatic rings. The first-order valence-electron chi connectivity index (χ1n) is 7.05. The van der Waals surface area contributed by atoms with Gasteiger partial charge >= 0.3 is 16.5 Å². The number of benzene rings is 2. The van der Waals surface area contributed by atoms with Crippen LogP contribution in [0, 0.1) is 0 Å². The van der Waals surface area contributed by atoms with E-state index in [0.717, 1.165) is 10.7 Å². The Morgan fingerprint density at radius 2 is 1.69 bits per heavy atom. The lowest BCUT2D eigenvalue weighted by Gasteiger charge is -2.11. The molecule has 7 nitrogen and oxygen atoms in total. The second-order valence-electron chi connectivity index (χ2n) is 5.16. The highest BCUT2D eigenvalue weighted by molar-refractivity contribution is 7.84. The zero-order valence-electron chi connectivity index (χ0n) is 12.9. The van der Waals surface area contributed by atoms with Crippen LogP contribution < -0.4 is 9.32 Å². The molecule has 0 bridgehead atoms. The summed E-state index contributed by atoms with van der Waals surface area (Å²) < 4.78 is 66.6. The van der Waals surface area contributed by atoms with E-state index in [4.69, 9.17) is 5.14 Å². The van der Waals surface area contributed by atoms with Gasteiger partial charge in [-0.05, 0) is 36.4 Å². The first-order valence-corrected chi connectivity index (χ1v) is 8.52. The number of halogens is 3. The van der Waals surface area contributed by atoms with Gasteiger partial charge in [0, 0.05) is 5.56 Å². The molecule has 26 heavy (non-hydrogen) atoms. The Morgan fingerprint density at radius 1 is 1.04 bits per heavy atom. The first-order chi connectivity index (χ1) is 12.1. The third-order valence-corrected chi connectivity index (χ3v) is 3.74. The van der Waals surface area contributed by atoms with Crippen LogP contribution in [0.3, 0.4) is 0 Å². The summed E-state index contributed by atoms with van der Waals surface area (Å²) in [5, 5.41) is 12.4. The number of para-hydroxylation sites is 1. The molecular formula is C15H11F3N4O3S. The summed E-state index contributed by atoms with van der Waals surface area (Å²) in [4.78, 5) is 0. The Bertz CT molecular complexity index is 1030. The Balaban J connectivity index is 1.92. The number of nitrogens with two attached hydrogens (primary N) is 1. The van der Waals surface area contributed by atoms with Gasteiger partial charge in [-0.1, -0.05) is 17.3 Å². The average molecular weight is 384 g/mol. The second kappa shape index (κ2) is 6.42. The van der Waals surface area contributed by atoms with E-state index >= 15 is 0 Å². The number of alkyl halides is 3. The van der Waals surface area contributed by atoms with E-state index in [0.29, 0.717) is 11.3 Å². The number of nitrogens with zero attached hydrogens (tertiary/aromatic N) is 3. The van der Waals surface area contributed by atoms with Gasteiger partial charge in [-0.2, -0.15) is 26.7 Å². The Morgan fingerprint density at radius 3 is 2.31 bits per heavy atom. The van der Waals surface area contributed by atoms with Gasteiger partial charge in [-0.3, -0.25) is 0 Å². The van der Waals surface area contributed by atoms with Crippen molar-refractivity contribution in [1.82, 2.24) is 15.0 Å². The number of hydrogen-bond donors (Lipinski definition) is 1. The minimum Gasteiger partial charge on any atom is -0.371 e. The van der Waals surface area contributed by atoms with Crippen LogP contribution in [0.1, 0.15) is 5.56 Å². The van der Waals surface area contributed by atoms with Crippen molar-refractivity contribution >= 4 is 10.3 Å². The molecule has 3 rings (SSSR count). The van der Waals surface area contributed by atoms with Crippen LogP contribution in [0.5, 0.6) is 5.75 Å². The van der Waals surface area contributed by atoms with Gasteiger partial charge < -0.3 is 4.18 Å². The lowest BCUT2D eigenvalue weighted by atomic mass is 10.1. The molecule has 136 valence electrons. The van der Waals surface area contributed by atoms with Crippen molar-refractivity contribution in [3.05, 3.63) is 60.3 Å². The van der Waals surface area contributed by atoms with E-state index in [-0.39, 0.29) is 11.4 Å². The summed E-state index contributed by atoms with van der Waals surface area (Å²) in [7, 11) is -4.14. The quantitative estimate of drug-likeness (QED) is 0.745. The first kappa shape index (κ1) is 17.9. The summed E-state index contributed by atoms with van der Waals surface area (Å²) in [6.07, 6.45) is -3.20. The standard InChI is InChI=1S/C15H11F3N4O3S/c16-15(17,18)12-3-1-2-4-14(12)22-9-13(20-21-22)10-5-7-11(8-6-10)25-26(19,23)24/h1-9H,(H2,19,23,24). The van der Waals surface area contributed by atoms with E-state index in [1.807, 2.05) is 0 Å². The minimum atomic E-state index is -4.53. The van der Waals surface area contributed by atoms with E-state index in [2.05, 4.69) is 14.5 Å². The largest absolute Gasteiger partial charge is 0.418 e. The summed E-state index contributed by atoms with van der Waals surface area (Å²) in [6, 6.07) is 10.6. The molecule has 1 aromatic heterocycles. The van der Waals surface area contributed by atoms with Gasteiger partial charge in [0.05, 0.1) is 17.4 Å². The molecular weight excluding hydrogens is 373 g/mol. The van der Waals surface area contributed by atoms with Crippen LogP contribution >= 0.6 is 0 Å². The Labute approximate surface area is 146 Å². The molecule has 2 aromatic carbocycles. The van der Waals surface area contributed by atoms with Gasteiger partial charge in [0.2, 0.25) is 0 Å². The van der Waals surface area contributed by atoms with E-state index in [1.165, 1.54) is 48.7 Å². The minimum absolute atomic E-state index is 0.00828. The van der Waals surface area contributed by atoms with Crippen molar-refractivity contribution in [2.75, 3.05) is 0 Å². The maximum Gasteiger partial charge on any atom is 0.418 e. The van der Waals surface area contributed by atoms with Gasteiger partial charge in [0.25, 0.3) is 0 Å². The fraction of sp³-hybridized carbons (Fsp3) is 0.0667. The maximum absolute atomic E-state index is 13.1. The van der Waals surface area contributed by atoms with Crippen molar-refractivity contribution in [3.63, 3.8) is 0 Å². The monoisotopic (exact) mass is 384 g/mol. The molecule has 2 N–H and O–H groups in total. The summed E-state index contributed by atoms with van der Waals surface area (Å²) >= 11 is 0. The molecule has 0 radical (unpaired) electrons. The van der Waals surface area contributed by atoms with Crippen molar-refractivity contribution in [2.24, 2.45) is 5.14 Å². The molecule has 11 heteroatoms. The predicted octanol–water partition coefficient (Wildman–Crippen LogP) is 2.54. The topological polar surface area (TPSA) is 100 Å². The van der Waals surface area contributed by atoms with Crippen LogP contribution in [0.4, 0.5) is 13.2 Å². The highest BCUT2D eigenvalue weighted by atomic mass is 32.2. The average Bonchev–Trinajstić information content (AvgIpc) is 3.03. The molecule has 0 amide bonds. The zero-order chi connectivity index (χ0) is 18.9. The fourth-order valence-electron chi connectivity index (χ4n) is 2.24. The zero-order valence-corrected chi connectivity index (χ0v) is 13.7. The molecule has 0 aliphatic rings. The molecule has 1 heterocycles. The SMILES string of the molecule is NS(=O)(=O)Oc1ccc(-c2cn(-c3ccccc3C(F)(F)F)nn2)cc1.